The van der Waals surface area contributed by atoms with Crippen LogP contribution in [0.3, 0.4) is 0 Å². The van der Waals surface area contributed by atoms with Gasteiger partial charge in [-0.1, -0.05) is 0 Å². The van der Waals surface area contributed by atoms with E-state index in [0.29, 0.717) is 3.83 Å². The van der Waals surface area contributed by atoms with Gasteiger partial charge in [-0.05, 0) is 0 Å². The molecule has 0 aliphatic heterocycles. The zero-order valence-electron chi connectivity index (χ0n) is 3.52. The number of hydrogen-bond acceptors (Lipinski definition) is 3. The van der Waals surface area contributed by atoms with Crippen LogP contribution in [-0.4, -0.2) is 10.1 Å². The number of H-pyrrole nitrogens is 1. The van der Waals surface area contributed by atoms with E-state index in [4.69, 9.17) is 0 Å². The number of rotatable bonds is 1. The number of nitrogens with one attached hydrogen (secondary N) is 1. The summed E-state index contributed by atoms with van der Waals surface area (Å²) in [6, 6.07) is 0. The van der Waals surface area contributed by atoms with E-state index >= 15 is 0 Å². The molecule has 4 nitrogen and oxygen atoms in total. The van der Waals surface area contributed by atoms with E-state index in [1.165, 1.54) is 0 Å². The first-order valence-corrected chi connectivity index (χ1v) is 9.01. The summed E-state index contributed by atoms with van der Waals surface area (Å²) in [6.45, 7) is 0. The van der Waals surface area contributed by atoms with Gasteiger partial charge in [-0.3, -0.25) is 0 Å². The second-order valence-electron chi connectivity index (χ2n) is 0.957. The van der Waals surface area contributed by atoms with Gasteiger partial charge in [0.2, 0.25) is 0 Å². The van der Waals surface area contributed by atoms with Crippen LogP contribution in [0.2, 0.25) is 0 Å². The Morgan fingerprint density at radius 2 is 2.62 bits per heavy atom. The summed E-state index contributed by atoms with van der Waals surface area (Å²) in [7, 11) is 0. The number of halogens is 2. The van der Waals surface area contributed by atoms with Crippen molar-refractivity contribution in [2.75, 3.05) is 0 Å². The fraction of sp³-hybridized carbons (Fsp3) is 0. The van der Waals surface area contributed by atoms with E-state index in [1.54, 1.807) is 0 Å². The second kappa shape index (κ2) is 2.80. The molecule has 0 amide bonds. The van der Waals surface area contributed by atoms with Crippen LogP contribution in [-0.2, 0) is 0 Å². The average molecular weight is 339 g/mol. The minimum atomic E-state index is -0.462. The van der Waals surface area contributed by atoms with Crippen LogP contribution >= 0.6 is 18.6 Å². The van der Waals surface area contributed by atoms with Crippen LogP contribution in [0.15, 0.2) is 9.32 Å². The maximum atomic E-state index is 10.2. The van der Waals surface area contributed by atoms with Gasteiger partial charge in [0.15, 0.2) is 0 Å². The topological polar surface area (TPSA) is 58.9 Å². The Labute approximate surface area is 64.5 Å². The van der Waals surface area contributed by atoms with Crippen molar-refractivity contribution in [1.82, 2.24) is 10.1 Å². The molecule has 0 fully saturated rings. The number of aromatic nitrogens is 2. The minimum absolute atomic E-state index is 0.160. The summed E-state index contributed by atoms with van der Waals surface area (Å²) in [5.41, 5.74) is 0. The van der Waals surface area contributed by atoms with Crippen molar-refractivity contribution in [2.24, 2.45) is 0 Å². The van der Waals surface area contributed by atoms with Crippen molar-refractivity contribution in [3.8, 4) is 0 Å². The molecule has 8 heavy (non-hydrogen) atoms. The van der Waals surface area contributed by atoms with E-state index in [2.05, 4.69) is 33.3 Å². The molecule has 46 valence electrons. The number of hydrogen-bond donors (Lipinski definition) is 1. The SMILES string of the molecule is O=c1[nH]c([I-]I)no1. The van der Waals surface area contributed by atoms with Gasteiger partial charge in [0.05, 0.1) is 0 Å². The first-order chi connectivity index (χ1) is 3.83. The third-order valence-corrected chi connectivity index (χ3v) is 3.93. The molecule has 0 saturated carbocycles. The molecule has 1 N–H and O–H groups in total. The summed E-state index contributed by atoms with van der Waals surface area (Å²) in [4.78, 5) is 12.6. The van der Waals surface area contributed by atoms with Gasteiger partial charge in [-0.2, -0.15) is 0 Å². The van der Waals surface area contributed by atoms with Crippen molar-refractivity contribution in [3.63, 3.8) is 0 Å². The molecule has 0 spiro atoms. The van der Waals surface area contributed by atoms with E-state index in [9.17, 15) is 4.79 Å². The molecule has 1 aromatic rings. The zero-order valence-corrected chi connectivity index (χ0v) is 7.83. The van der Waals surface area contributed by atoms with E-state index in [0.717, 1.165) is 0 Å². The van der Waals surface area contributed by atoms with Gasteiger partial charge in [0.1, 0.15) is 0 Å². The van der Waals surface area contributed by atoms with Crippen LogP contribution in [0.25, 0.3) is 0 Å². The Morgan fingerprint density at radius 3 is 2.88 bits per heavy atom. The predicted octanol–water partition coefficient (Wildman–Crippen LogP) is -3.03. The van der Waals surface area contributed by atoms with Crippen LogP contribution < -0.4 is 23.0 Å². The number of nitrogens with zero attached hydrogens (tertiary/aromatic N) is 1. The van der Waals surface area contributed by atoms with Gasteiger partial charge in [0, 0.05) is 0 Å². The fourth-order valence-electron chi connectivity index (χ4n) is 0.242. The molecule has 0 atom stereocenters. The Balaban J connectivity index is 3.01. The van der Waals surface area contributed by atoms with Crippen molar-refractivity contribution in [1.29, 1.82) is 0 Å². The van der Waals surface area contributed by atoms with Gasteiger partial charge >= 0.3 is 64.9 Å². The number of aromatic amines is 1. The summed E-state index contributed by atoms with van der Waals surface area (Å²) in [5.74, 6) is -0.462. The monoisotopic (exact) mass is 339 g/mol. The van der Waals surface area contributed by atoms with Crippen LogP contribution in [0.5, 0.6) is 0 Å². The summed E-state index contributed by atoms with van der Waals surface area (Å²) < 4.78 is 4.91. The summed E-state index contributed by atoms with van der Waals surface area (Å²) >= 11 is 2.02. The molecular formula is C2HI2N2O2-. The van der Waals surface area contributed by atoms with Crippen LogP contribution in [0.4, 0.5) is 0 Å². The molecule has 0 aliphatic rings. The van der Waals surface area contributed by atoms with Crippen molar-refractivity contribution < 1.29 is 21.8 Å². The molecule has 6 heteroatoms. The van der Waals surface area contributed by atoms with Crippen molar-refractivity contribution in [3.05, 3.63) is 14.4 Å². The van der Waals surface area contributed by atoms with Gasteiger partial charge in [0.25, 0.3) is 0 Å². The third kappa shape index (κ3) is 1.44. The van der Waals surface area contributed by atoms with E-state index in [1.807, 2.05) is 0 Å². The molecule has 0 aliphatic carbocycles. The Kier molecular flexibility index (Phi) is 2.28. The first-order valence-electron chi connectivity index (χ1n) is 1.65. The molecule has 0 unspecified atom stereocenters. The molecule has 0 aromatic carbocycles. The maximum absolute atomic E-state index is 10.2. The molecule has 1 rings (SSSR count). The Morgan fingerprint density at radius 1 is 1.88 bits per heavy atom. The normalized spacial score (nSPS) is 10.1. The quantitative estimate of drug-likeness (QED) is 0.554. The molecule has 0 saturated heterocycles. The molecular weight excluding hydrogens is 338 g/mol. The average Bonchev–Trinajstić information content (AvgIpc) is 2.14. The van der Waals surface area contributed by atoms with Gasteiger partial charge in [-0.15, -0.1) is 0 Å². The van der Waals surface area contributed by atoms with Gasteiger partial charge < -0.3 is 0 Å². The second-order valence-corrected chi connectivity index (χ2v) is 5.12. The van der Waals surface area contributed by atoms with Crippen LogP contribution in [0, 0.1) is 3.83 Å². The summed E-state index contributed by atoms with van der Waals surface area (Å²) in [5, 5.41) is 3.43. The van der Waals surface area contributed by atoms with Gasteiger partial charge in [-0.25, -0.2) is 0 Å². The molecule has 0 radical (unpaired) electrons. The molecule has 1 aromatic heterocycles. The van der Waals surface area contributed by atoms with Crippen molar-refractivity contribution in [2.45, 2.75) is 0 Å². The first kappa shape index (κ1) is 6.52. The van der Waals surface area contributed by atoms with Crippen molar-refractivity contribution >= 4 is 18.6 Å². The summed E-state index contributed by atoms with van der Waals surface area (Å²) in [6.07, 6.45) is 0. The fourth-order valence-corrected chi connectivity index (χ4v) is 1.92. The predicted molar refractivity (Wildman–Crippen MR) is 29.8 cm³/mol. The zero-order chi connectivity index (χ0) is 5.98. The van der Waals surface area contributed by atoms with E-state index in [-0.39, 0.29) is 17.2 Å². The third-order valence-electron chi connectivity index (χ3n) is 0.482. The Hall–Kier alpha value is 0.400. The standard InChI is InChI=1S/C2HI2N2O2/c3-4-1-5-2(7)8-6-1/h(H,5,6,7)/q-1. The van der Waals surface area contributed by atoms with Crippen LogP contribution in [0.1, 0.15) is 0 Å². The molecule has 0 bridgehead atoms. The molecule has 1 heterocycles. The Bertz CT molecular complexity index is 216. The van der Waals surface area contributed by atoms with E-state index < -0.39 is 5.76 Å².